The van der Waals surface area contributed by atoms with Gasteiger partial charge < -0.3 is 21.3 Å². The molecule has 0 bridgehead atoms. The molecule has 1 heterocycles. The fourth-order valence-corrected chi connectivity index (χ4v) is 5.38. The molecule has 1 aliphatic heterocycles. The molecular formula is C32H36N4O2. The first kappa shape index (κ1) is 25.9. The number of hydrogen-bond acceptors (Lipinski definition) is 4. The summed E-state index contributed by atoms with van der Waals surface area (Å²) in [6, 6.07) is 28.1. The van der Waals surface area contributed by atoms with Crippen molar-refractivity contribution in [3.05, 3.63) is 96.1 Å². The van der Waals surface area contributed by atoms with E-state index < -0.39 is 0 Å². The first-order chi connectivity index (χ1) is 18.6. The topological polar surface area (TPSA) is 87.5 Å². The van der Waals surface area contributed by atoms with Crippen molar-refractivity contribution in [3.63, 3.8) is 0 Å². The number of nitrogens with two attached hydrogens (primary N) is 1. The number of carbonyl (C=O) groups excluding carboxylic acids is 2. The van der Waals surface area contributed by atoms with Crippen LogP contribution in [0.1, 0.15) is 41.6 Å². The highest BCUT2D eigenvalue weighted by Crippen LogP contribution is 2.22. The lowest BCUT2D eigenvalue weighted by atomic mass is 10.0. The summed E-state index contributed by atoms with van der Waals surface area (Å²) in [5.74, 6) is 0.0266. The van der Waals surface area contributed by atoms with E-state index in [0.29, 0.717) is 31.7 Å². The van der Waals surface area contributed by atoms with Crippen molar-refractivity contribution in [2.75, 3.05) is 19.6 Å². The van der Waals surface area contributed by atoms with Crippen molar-refractivity contribution in [2.24, 2.45) is 5.73 Å². The highest BCUT2D eigenvalue weighted by atomic mass is 16.2. The monoisotopic (exact) mass is 508 g/mol. The predicted octanol–water partition coefficient (Wildman–Crippen LogP) is 4.61. The van der Waals surface area contributed by atoms with Gasteiger partial charge in [0.1, 0.15) is 0 Å². The van der Waals surface area contributed by atoms with E-state index in [2.05, 4.69) is 41.0 Å². The van der Waals surface area contributed by atoms with E-state index in [1.807, 2.05) is 59.5 Å². The minimum absolute atomic E-state index is 0.00347. The molecule has 4 N–H and O–H groups in total. The lowest BCUT2D eigenvalue weighted by molar-refractivity contribution is -0.133. The molecule has 2 amide bonds. The molecule has 0 radical (unpaired) electrons. The second-order valence-electron chi connectivity index (χ2n) is 10.2. The summed E-state index contributed by atoms with van der Waals surface area (Å²) in [5.41, 5.74) is 7.52. The molecule has 1 fully saturated rings. The van der Waals surface area contributed by atoms with Crippen LogP contribution < -0.4 is 16.4 Å². The van der Waals surface area contributed by atoms with Crippen molar-refractivity contribution >= 4 is 33.4 Å². The number of nitrogens with zero attached hydrogens (tertiary/aromatic N) is 1. The lowest BCUT2D eigenvalue weighted by Crippen LogP contribution is -2.48. The van der Waals surface area contributed by atoms with Crippen molar-refractivity contribution in [1.82, 2.24) is 15.5 Å². The van der Waals surface area contributed by atoms with Crippen LogP contribution >= 0.6 is 0 Å². The van der Waals surface area contributed by atoms with Crippen LogP contribution in [0.2, 0.25) is 0 Å². The van der Waals surface area contributed by atoms with E-state index in [-0.39, 0.29) is 23.9 Å². The van der Waals surface area contributed by atoms with Gasteiger partial charge in [-0.3, -0.25) is 9.59 Å². The van der Waals surface area contributed by atoms with Crippen LogP contribution in [0.4, 0.5) is 0 Å². The number of fused-ring (bicyclic) bond motifs is 2. The standard InChI is InChI=1S/C32H36N4O2/c33-18-6-5-14-30-32(38)36(22-27-12-7-11-24-9-3-4-13-29(24)27)19-17-28(35-30)21-34-31(37)26-16-15-23-8-1-2-10-25(23)20-26/h1-4,7-13,15-16,20,28,30,35H,5-6,14,17-19,21-22,33H2,(H,34,37)/t28-,30+/m0/s1. The van der Waals surface area contributed by atoms with Gasteiger partial charge in [0.25, 0.3) is 5.91 Å². The molecule has 0 aliphatic carbocycles. The third-order valence-corrected chi connectivity index (χ3v) is 7.50. The van der Waals surface area contributed by atoms with Gasteiger partial charge in [-0.25, -0.2) is 0 Å². The van der Waals surface area contributed by atoms with Crippen LogP contribution in [0, 0.1) is 0 Å². The number of hydrogen-bond donors (Lipinski definition) is 3. The third kappa shape index (κ3) is 6.04. The van der Waals surface area contributed by atoms with Crippen molar-refractivity contribution < 1.29 is 9.59 Å². The van der Waals surface area contributed by atoms with Crippen LogP contribution in [-0.4, -0.2) is 48.4 Å². The average Bonchev–Trinajstić information content (AvgIpc) is 3.10. The molecule has 2 atom stereocenters. The SMILES string of the molecule is NCCCC[C@H]1N[C@H](CNC(=O)c2ccc3ccccc3c2)CCN(Cc2cccc3ccccc23)C1=O. The smallest absolute Gasteiger partial charge is 0.251 e. The average molecular weight is 509 g/mol. The van der Waals surface area contributed by atoms with Gasteiger partial charge in [0.05, 0.1) is 6.04 Å². The number of nitrogens with one attached hydrogen (secondary N) is 2. The molecule has 0 saturated carbocycles. The molecule has 0 aromatic heterocycles. The van der Waals surface area contributed by atoms with Gasteiger partial charge in [-0.2, -0.15) is 0 Å². The number of amides is 2. The minimum Gasteiger partial charge on any atom is -0.350 e. The predicted molar refractivity (Wildman–Crippen MR) is 154 cm³/mol. The molecule has 0 unspecified atom stereocenters. The summed E-state index contributed by atoms with van der Waals surface area (Å²) >= 11 is 0. The Morgan fingerprint density at radius 1 is 0.921 bits per heavy atom. The molecule has 5 rings (SSSR count). The maximum atomic E-state index is 13.7. The fraction of sp³-hybridized carbons (Fsp3) is 0.312. The van der Waals surface area contributed by atoms with Crippen molar-refractivity contribution in [2.45, 2.75) is 44.3 Å². The second kappa shape index (κ2) is 12.2. The molecule has 1 saturated heterocycles. The maximum absolute atomic E-state index is 13.7. The first-order valence-corrected chi connectivity index (χ1v) is 13.6. The van der Waals surface area contributed by atoms with Gasteiger partial charge in [-0.05, 0) is 65.0 Å². The Labute approximate surface area is 224 Å². The summed E-state index contributed by atoms with van der Waals surface area (Å²) in [7, 11) is 0. The van der Waals surface area contributed by atoms with Crippen LogP contribution in [0.15, 0.2) is 84.9 Å². The molecule has 6 heteroatoms. The maximum Gasteiger partial charge on any atom is 0.251 e. The van der Waals surface area contributed by atoms with E-state index in [1.54, 1.807) is 0 Å². The molecule has 6 nitrogen and oxygen atoms in total. The number of unbranched alkanes of at least 4 members (excludes halogenated alkanes) is 1. The Hall–Kier alpha value is -3.74. The molecule has 0 spiro atoms. The Kier molecular flexibility index (Phi) is 8.31. The van der Waals surface area contributed by atoms with Gasteiger partial charge in [0.2, 0.25) is 5.91 Å². The Bertz CT molecular complexity index is 1410. The van der Waals surface area contributed by atoms with E-state index in [1.165, 1.54) is 10.8 Å². The molecule has 196 valence electrons. The van der Waals surface area contributed by atoms with Gasteiger partial charge in [-0.15, -0.1) is 0 Å². The summed E-state index contributed by atoms with van der Waals surface area (Å²) in [6.07, 6.45) is 3.27. The van der Waals surface area contributed by atoms with Gasteiger partial charge >= 0.3 is 0 Å². The summed E-state index contributed by atoms with van der Waals surface area (Å²) in [6.45, 7) is 2.30. The molecular weight excluding hydrogens is 472 g/mol. The second-order valence-corrected chi connectivity index (χ2v) is 10.2. The van der Waals surface area contributed by atoms with Crippen molar-refractivity contribution in [1.29, 1.82) is 0 Å². The summed E-state index contributed by atoms with van der Waals surface area (Å²) in [4.78, 5) is 28.6. The highest BCUT2D eigenvalue weighted by molar-refractivity contribution is 5.98. The van der Waals surface area contributed by atoms with Crippen LogP contribution in [-0.2, 0) is 11.3 Å². The van der Waals surface area contributed by atoms with Gasteiger partial charge in [0.15, 0.2) is 0 Å². The zero-order chi connectivity index (χ0) is 26.3. The zero-order valence-electron chi connectivity index (χ0n) is 21.7. The molecule has 1 aliphatic rings. The normalized spacial score (nSPS) is 18.0. The quantitative estimate of drug-likeness (QED) is 0.288. The summed E-state index contributed by atoms with van der Waals surface area (Å²) < 4.78 is 0. The number of rotatable bonds is 9. The van der Waals surface area contributed by atoms with Gasteiger partial charge in [0, 0.05) is 31.2 Å². The number of benzene rings is 4. The van der Waals surface area contributed by atoms with E-state index in [4.69, 9.17) is 5.73 Å². The van der Waals surface area contributed by atoms with Gasteiger partial charge in [-0.1, -0.05) is 79.2 Å². The molecule has 4 aromatic rings. The van der Waals surface area contributed by atoms with E-state index >= 15 is 0 Å². The molecule has 38 heavy (non-hydrogen) atoms. The van der Waals surface area contributed by atoms with E-state index in [0.717, 1.165) is 42.0 Å². The zero-order valence-corrected chi connectivity index (χ0v) is 21.7. The molecule has 4 aromatic carbocycles. The van der Waals surface area contributed by atoms with E-state index in [9.17, 15) is 9.59 Å². The van der Waals surface area contributed by atoms with Crippen LogP contribution in [0.25, 0.3) is 21.5 Å². The Morgan fingerprint density at radius 3 is 2.53 bits per heavy atom. The third-order valence-electron chi connectivity index (χ3n) is 7.50. The highest BCUT2D eigenvalue weighted by Gasteiger charge is 2.31. The Balaban J connectivity index is 1.28. The van der Waals surface area contributed by atoms with Crippen LogP contribution in [0.5, 0.6) is 0 Å². The van der Waals surface area contributed by atoms with Crippen molar-refractivity contribution in [3.8, 4) is 0 Å². The Morgan fingerprint density at radius 2 is 1.68 bits per heavy atom. The largest absolute Gasteiger partial charge is 0.350 e. The number of carbonyl (C=O) groups is 2. The minimum atomic E-state index is -0.290. The van der Waals surface area contributed by atoms with Crippen LogP contribution in [0.3, 0.4) is 0 Å². The summed E-state index contributed by atoms with van der Waals surface area (Å²) in [5, 5.41) is 11.2. The first-order valence-electron chi connectivity index (χ1n) is 13.6. The fourth-order valence-electron chi connectivity index (χ4n) is 5.38. The lowest BCUT2D eigenvalue weighted by Gasteiger charge is -2.25.